The fraction of sp³-hybridized carbons (Fsp3) is 0.304. The maximum Gasteiger partial charge on any atom is 0.251 e. The van der Waals surface area contributed by atoms with E-state index in [1.54, 1.807) is 12.3 Å². The van der Waals surface area contributed by atoms with Crippen LogP contribution in [0.1, 0.15) is 40.3 Å². The molecule has 168 valence electrons. The molecule has 0 atom stereocenters. The molecule has 0 fully saturated rings. The molecule has 0 saturated carbocycles. The van der Waals surface area contributed by atoms with Crippen LogP contribution in [-0.4, -0.2) is 40.4 Å². The minimum absolute atomic E-state index is 0.112. The molecule has 1 aliphatic heterocycles. The van der Waals surface area contributed by atoms with Gasteiger partial charge in [0.1, 0.15) is 12.0 Å². The third kappa shape index (κ3) is 4.45. The van der Waals surface area contributed by atoms with Gasteiger partial charge in [0.05, 0.1) is 12.7 Å². The number of aryl methyl sites for hydroxylation is 1. The number of hydrogen-bond donors (Lipinski definition) is 2. The van der Waals surface area contributed by atoms with Crippen LogP contribution in [0.5, 0.6) is 0 Å². The number of hydrogen-bond acceptors (Lipinski definition) is 7. The molecule has 0 aliphatic carbocycles. The molecule has 3 aromatic heterocycles. The molecule has 5 rings (SSSR count). The normalized spacial score (nSPS) is 12.9. The predicted octanol–water partition coefficient (Wildman–Crippen LogP) is 2.35. The van der Waals surface area contributed by atoms with Crippen molar-refractivity contribution in [3.05, 3.63) is 71.7 Å². The maximum atomic E-state index is 12.7. The van der Waals surface area contributed by atoms with Gasteiger partial charge in [-0.3, -0.25) is 9.48 Å². The number of fused-ring (bicyclic) bond motifs is 1. The molecule has 33 heavy (non-hydrogen) atoms. The van der Waals surface area contributed by atoms with E-state index in [1.165, 1.54) is 18.4 Å². The van der Waals surface area contributed by atoms with Crippen molar-refractivity contribution in [3.63, 3.8) is 0 Å². The fourth-order valence-electron chi connectivity index (χ4n) is 4.02. The van der Waals surface area contributed by atoms with E-state index in [0.29, 0.717) is 30.2 Å². The number of nitrogens with zero attached hydrogens (tertiary/aromatic N) is 7. The summed E-state index contributed by atoms with van der Waals surface area (Å²) in [6.07, 6.45) is 8.39. The average molecular weight is 444 g/mol. The van der Waals surface area contributed by atoms with E-state index in [2.05, 4.69) is 40.6 Å². The Bertz CT molecular complexity index is 1260. The first-order valence-electron chi connectivity index (χ1n) is 11.0. The monoisotopic (exact) mass is 443 g/mol. The van der Waals surface area contributed by atoms with Crippen molar-refractivity contribution in [2.24, 2.45) is 7.05 Å². The number of carbonyl (C=O) groups excluding carboxylic acids is 1. The van der Waals surface area contributed by atoms with E-state index in [4.69, 9.17) is 0 Å². The van der Waals surface area contributed by atoms with E-state index in [-0.39, 0.29) is 5.91 Å². The Morgan fingerprint density at radius 1 is 1.15 bits per heavy atom. The Balaban J connectivity index is 1.21. The largest absolute Gasteiger partial charge is 0.378 e. The first-order valence-corrected chi connectivity index (χ1v) is 11.0. The van der Waals surface area contributed by atoms with Crippen LogP contribution in [0.4, 0.5) is 5.69 Å². The van der Waals surface area contributed by atoms with Gasteiger partial charge in [-0.2, -0.15) is 5.10 Å². The van der Waals surface area contributed by atoms with Gasteiger partial charge in [0, 0.05) is 48.8 Å². The summed E-state index contributed by atoms with van der Waals surface area (Å²) in [5.74, 6) is 1.31. The SMILES string of the molecule is Cn1c(CNc2cccc(C(=O)NCc3cnn4c3CCCC4)c2)nnc1-c1ccncn1. The molecule has 1 aliphatic rings. The van der Waals surface area contributed by atoms with E-state index < -0.39 is 0 Å². The quantitative estimate of drug-likeness (QED) is 0.450. The number of anilines is 1. The second kappa shape index (κ2) is 9.19. The van der Waals surface area contributed by atoms with Crippen LogP contribution >= 0.6 is 0 Å². The summed E-state index contributed by atoms with van der Waals surface area (Å²) in [7, 11) is 1.90. The van der Waals surface area contributed by atoms with Crippen LogP contribution in [-0.2, 0) is 33.1 Å². The van der Waals surface area contributed by atoms with E-state index in [0.717, 1.165) is 36.5 Å². The first-order chi connectivity index (χ1) is 16.2. The maximum absolute atomic E-state index is 12.7. The Hall–Kier alpha value is -4.08. The molecule has 10 heteroatoms. The lowest BCUT2D eigenvalue weighted by Crippen LogP contribution is -2.24. The zero-order valence-electron chi connectivity index (χ0n) is 18.4. The minimum atomic E-state index is -0.112. The lowest BCUT2D eigenvalue weighted by molar-refractivity contribution is 0.0951. The summed E-state index contributed by atoms with van der Waals surface area (Å²) < 4.78 is 3.94. The Morgan fingerprint density at radius 2 is 2.09 bits per heavy atom. The van der Waals surface area contributed by atoms with Crippen molar-refractivity contribution in [1.29, 1.82) is 0 Å². The Labute approximate surface area is 191 Å². The molecule has 0 saturated heterocycles. The van der Waals surface area contributed by atoms with E-state index in [9.17, 15) is 4.79 Å². The van der Waals surface area contributed by atoms with Crippen molar-refractivity contribution < 1.29 is 4.79 Å². The van der Waals surface area contributed by atoms with Gasteiger partial charge in [0.2, 0.25) is 0 Å². The highest BCUT2D eigenvalue weighted by molar-refractivity contribution is 5.95. The summed E-state index contributed by atoms with van der Waals surface area (Å²) in [5.41, 5.74) is 4.48. The highest BCUT2D eigenvalue weighted by Crippen LogP contribution is 2.19. The van der Waals surface area contributed by atoms with Gasteiger partial charge in [-0.25, -0.2) is 9.97 Å². The molecule has 10 nitrogen and oxygen atoms in total. The second-order valence-electron chi connectivity index (χ2n) is 8.01. The molecule has 4 aromatic rings. The number of benzene rings is 1. The molecule has 0 spiro atoms. The standard InChI is InChI=1S/C23H25N9O/c1-31-21(29-30-22(31)19-8-9-24-15-27-19)14-25-18-6-4-5-16(11-18)23(33)26-12-17-13-28-32-10-3-2-7-20(17)32/h4-6,8-9,11,13,15,25H,2-3,7,10,12,14H2,1H3,(H,26,33). The molecule has 1 amide bonds. The van der Waals surface area contributed by atoms with Crippen LogP contribution in [0.3, 0.4) is 0 Å². The van der Waals surface area contributed by atoms with Gasteiger partial charge < -0.3 is 15.2 Å². The highest BCUT2D eigenvalue weighted by atomic mass is 16.1. The van der Waals surface area contributed by atoms with E-state index >= 15 is 0 Å². The summed E-state index contributed by atoms with van der Waals surface area (Å²) in [6, 6.07) is 9.23. The van der Waals surface area contributed by atoms with Crippen LogP contribution < -0.4 is 10.6 Å². The fourth-order valence-corrected chi connectivity index (χ4v) is 4.02. The average Bonchev–Trinajstić information content (AvgIpc) is 3.45. The number of amides is 1. The molecule has 0 radical (unpaired) electrons. The van der Waals surface area contributed by atoms with Crippen LogP contribution in [0.15, 0.2) is 49.1 Å². The smallest absolute Gasteiger partial charge is 0.251 e. The van der Waals surface area contributed by atoms with Gasteiger partial charge in [-0.1, -0.05) is 6.07 Å². The molecule has 0 unspecified atom stereocenters. The van der Waals surface area contributed by atoms with Crippen LogP contribution in [0, 0.1) is 0 Å². The number of aromatic nitrogens is 7. The predicted molar refractivity (Wildman–Crippen MR) is 122 cm³/mol. The molecule has 0 bridgehead atoms. The zero-order valence-corrected chi connectivity index (χ0v) is 18.4. The molecule has 4 heterocycles. The lowest BCUT2D eigenvalue weighted by atomic mass is 10.1. The van der Waals surface area contributed by atoms with Gasteiger partial charge in [-0.05, 0) is 43.5 Å². The van der Waals surface area contributed by atoms with Gasteiger partial charge in [0.15, 0.2) is 11.6 Å². The molecular formula is C23H25N9O. The minimum Gasteiger partial charge on any atom is -0.378 e. The van der Waals surface area contributed by atoms with Crippen molar-refractivity contribution in [2.75, 3.05) is 5.32 Å². The van der Waals surface area contributed by atoms with Crippen molar-refractivity contribution >= 4 is 11.6 Å². The van der Waals surface area contributed by atoms with E-state index in [1.807, 2.05) is 42.1 Å². The van der Waals surface area contributed by atoms with Crippen LogP contribution in [0.25, 0.3) is 11.5 Å². The number of nitrogens with one attached hydrogen (secondary N) is 2. The van der Waals surface area contributed by atoms with Crippen molar-refractivity contribution in [2.45, 2.75) is 38.9 Å². The molecular weight excluding hydrogens is 418 g/mol. The third-order valence-electron chi connectivity index (χ3n) is 5.86. The first kappa shape index (κ1) is 20.8. The van der Waals surface area contributed by atoms with Crippen molar-refractivity contribution in [3.8, 4) is 11.5 Å². The lowest BCUT2D eigenvalue weighted by Gasteiger charge is -2.15. The summed E-state index contributed by atoms with van der Waals surface area (Å²) >= 11 is 0. The summed E-state index contributed by atoms with van der Waals surface area (Å²) in [4.78, 5) is 20.9. The zero-order chi connectivity index (χ0) is 22.6. The number of carbonyl (C=O) groups is 1. The van der Waals surface area contributed by atoms with Crippen LogP contribution in [0.2, 0.25) is 0 Å². The Kier molecular flexibility index (Phi) is 5.79. The number of rotatable bonds is 7. The third-order valence-corrected chi connectivity index (χ3v) is 5.86. The topological polar surface area (TPSA) is 115 Å². The summed E-state index contributed by atoms with van der Waals surface area (Å²) in [6.45, 7) is 1.90. The second-order valence-corrected chi connectivity index (χ2v) is 8.01. The Morgan fingerprint density at radius 3 is 2.97 bits per heavy atom. The van der Waals surface area contributed by atoms with Gasteiger partial charge >= 0.3 is 0 Å². The summed E-state index contributed by atoms with van der Waals surface area (Å²) in [5, 5.41) is 19.3. The van der Waals surface area contributed by atoms with Crippen molar-refractivity contribution in [1.82, 2.24) is 39.8 Å². The van der Waals surface area contributed by atoms with Gasteiger partial charge in [-0.15, -0.1) is 10.2 Å². The highest BCUT2D eigenvalue weighted by Gasteiger charge is 2.16. The molecule has 2 N–H and O–H groups in total. The van der Waals surface area contributed by atoms with Gasteiger partial charge in [0.25, 0.3) is 5.91 Å². The molecule has 1 aromatic carbocycles.